The second kappa shape index (κ2) is 9.76. The number of rotatable bonds is 5. The Kier molecular flexibility index (Phi) is 7.65. The summed E-state index contributed by atoms with van der Waals surface area (Å²) in [7, 11) is 0. The van der Waals surface area contributed by atoms with E-state index in [1.807, 2.05) is 40.7 Å². The summed E-state index contributed by atoms with van der Waals surface area (Å²) in [5, 5.41) is 2.91. The van der Waals surface area contributed by atoms with Crippen molar-refractivity contribution in [2.45, 2.75) is 52.7 Å². The topological polar surface area (TPSA) is 79.0 Å². The SMILES string of the molecule is CCC(C)C(NC(=O)c1ccccc1)C(=O)N1CCN(C(=O)OC(C)(C)C)CC1. The van der Waals surface area contributed by atoms with Gasteiger partial charge < -0.3 is 19.9 Å². The van der Waals surface area contributed by atoms with E-state index < -0.39 is 11.6 Å². The van der Waals surface area contributed by atoms with Gasteiger partial charge in [0.05, 0.1) is 0 Å². The van der Waals surface area contributed by atoms with Crippen LogP contribution in [0, 0.1) is 5.92 Å². The van der Waals surface area contributed by atoms with E-state index in [0.717, 1.165) is 6.42 Å². The molecule has 1 aliphatic heterocycles. The molecule has 1 aliphatic rings. The number of piperazine rings is 1. The van der Waals surface area contributed by atoms with Crippen LogP contribution in [0.3, 0.4) is 0 Å². The number of carbonyl (C=O) groups excluding carboxylic acids is 3. The standard InChI is InChI=1S/C22H33N3O4/c1-6-16(2)18(23-19(26)17-10-8-7-9-11-17)20(27)24-12-14-25(15-13-24)21(28)29-22(3,4)5/h7-11,16,18H,6,12-15H2,1-5H3,(H,23,26). The van der Waals surface area contributed by atoms with Gasteiger partial charge >= 0.3 is 6.09 Å². The fourth-order valence-corrected chi connectivity index (χ4v) is 3.13. The first-order valence-electron chi connectivity index (χ1n) is 10.2. The molecular formula is C22H33N3O4. The Labute approximate surface area is 173 Å². The van der Waals surface area contributed by atoms with E-state index in [4.69, 9.17) is 4.74 Å². The Balaban J connectivity index is 2.00. The highest BCUT2D eigenvalue weighted by Crippen LogP contribution is 2.16. The van der Waals surface area contributed by atoms with Crippen LogP contribution in [-0.2, 0) is 9.53 Å². The molecule has 0 aliphatic carbocycles. The Bertz CT molecular complexity index is 707. The number of ether oxygens (including phenoxy) is 1. The highest BCUT2D eigenvalue weighted by molar-refractivity contribution is 5.97. The van der Waals surface area contributed by atoms with E-state index in [9.17, 15) is 14.4 Å². The third-order valence-electron chi connectivity index (χ3n) is 5.04. The van der Waals surface area contributed by atoms with Crippen molar-refractivity contribution in [3.63, 3.8) is 0 Å². The molecule has 0 saturated carbocycles. The van der Waals surface area contributed by atoms with Crippen LogP contribution in [0.2, 0.25) is 0 Å². The van der Waals surface area contributed by atoms with Crippen molar-refractivity contribution in [1.29, 1.82) is 0 Å². The number of hydrogen-bond acceptors (Lipinski definition) is 4. The van der Waals surface area contributed by atoms with Crippen molar-refractivity contribution in [2.75, 3.05) is 26.2 Å². The normalized spacial score (nSPS) is 16.7. The lowest BCUT2D eigenvalue weighted by molar-refractivity contribution is -0.136. The fraction of sp³-hybridized carbons (Fsp3) is 0.591. The molecule has 0 spiro atoms. The van der Waals surface area contributed by atoms with E-state index in [1.165, 1.54) is 0 Å². The molecule has 0 radical (unpaired) electrons. The minimum Gasteiger partial charge on any atom is -0.444 e. The summed E-state index contributed by atoms with van der Waals surface area (Å²) >= 11 is 0. The average Bonchev–Trinajstić information content (AvgIpc) is 2.70. The van der Waals surface area contributed by atoms with Crippen LogP contribution in [-0.4, -0.2) is 65.5 Å². The summed E-state index contributed by atoms with van der Waals surface area (Å²) in [4.78, 5) is 41.3. The zero-order valence-corrected chi connectivity index (χ0v) is 18.1. The van der Waals surface area contributed by atoms with Gasteiger partial charge in [-0.2, -0.15) is 0 Å². The number of hydrogen-bond donors (Lipinski definition) is 1. The Morgan fingerprint density at radius 1 is 1.03 bits per heavy atom. The van der Waals surface area contributed by atoms with Gasteiger partial charge in [-0.3, -0.25) is 9.59 Å². The second-order valence-corrected chi connectivity index (χ2v) is 8.50. The lowest BCUT2D eigenvalue weighted by Crippen LogP contribution is -2.57. The first-order chi connectivity index (χ1) is 13.6. The van der Waals surface area contributed by atoms with Crippen molar-refractivity contribution in [1.82, 2.24) is 15.1 Å². The fourth-order valence-electron chi connectivity index (χ4n) is 3.13. The van der Waals surface area contributed by atoms with Gasteiger partial charge in [0, 0.05) is 31.7 Å². The zero-order chi connectivity index (χ0) is 21.6. The summed E-state index contributed by atoms with van der Waals surface area (Å²) < 4.78 is 5.40. The molecule has 7 nitrogen and oxygen atoms in total. The molecule has 7 heteroatoms. The molecule has 1 saturated heterocycles. The Morgan fingerprint density at radius 3 is 2.10 bits per heavy atom. The van der Waals surface area contributed by atoms with E-state index in [1.54, 1.807) is 34.1 Å². The Hall–Kier alpha value is -2.57. The van der Waals surface area contributed by atoms with Gasteiger partial charge in [-0.25, -0.2) is 4.79 Å². The van der Waals surface area contributed by atoms with E-state index in [2.05, 4.69) is 5.32 Å². The van der Waals surface area contributed by atoms with E-state index in [0.29, 0.717) is 31.7 Å². The lowest BCUT2D eigenvalue weighted by Gasteiger charge is -2.38. The van der Waals surface area contributed by atoms with Crippen molar-refractivity contribution in [2.24, 2.45) is 5.92 Å². The molecule has 1 aromatic carbocycles. The van der Waals surface area contributed by atoms with E-state index >= 15 is 0 Å². The van der Waals surface area contributed by atoms with Crippen LogP contribution in [0.5, 0.6) is 0 Å². The van der Waals surface area contributed by atoms with Crippen molar-refractivity contribution < 1.29 is 19.1 Å². The summed E-state index contributed by atoms with van der Waals surface area (Å²) in [5.74, 6) is -0.358. The minimum absolute atomic E-state index is 0.000882. The highest BCUT2D eigenvalue weighted by Gasteiger charge is 2.33. The molecule has 1 heterocycles. The third-order valence-corrected chi connectivity index (χ3v) is 5.04. The molecular weight excluding hydrogens is 370 g/mol. The number of carbonyl (C=O) groups is 3. The summed E-state index contributed by atoms with van der Waals surface area (Å²) in [6, 6.07) is 8.30. The predicted molar refractivity (Wildman–Crippen MR) is 112 cm³/mol. The van der Waals surface area contributed by atoms with Crippen molar-refractivity contribution in [3.8, 4) is 0 Å². The Morgan fingerprint density at radius 2 is 1.59 bits per heavy atom. The zero-order valence-electron chi connectivity index (χ0n) is 18.1. The summed E-state index contributed by atoms with van der Waals surface area (Å²) in [5.41, 5.74) is -0.0173. The van der Waals surface area contributed by atoms with Gasteiger partial charge in [-0.15, -0.1) is 0 Å². The number of nitrogens with one attached hydrogen (secondary N) is 1. The number of nitrogens with zero attached hydrogens (tertiary/aromatic N) is 2. The maximum absolute atomic E-state index is 13.1. The van der Waals surface area contributed by atoms with Gasteiger partial charge in [0.1, 0.15) is 11.6 Å². The smallest absolute Gasteiger partial charge is 0.410 e. The second-order valence-electron chi connectivity index (χ2n) is 8.50. The van der Waals surface area contributed by atoms with Crippen LogP contribution in [0.25, 0.3) is 0 Å². The molecule has 1 aromatic rings. The molecule has 1 N–H and O–H groups in total. The molecule has 2 atom stereocenters. The molecule has 0 bridgehead atoms. The molecule has 0 aromatic heterocycles. The van der Waals surface area contributed by atoms with Crippen LogP contribution in [0.1, 0.15) is 51.4 Å². The third kappa shape index (κ3) is 6.48. The van der Waals surface area contributed by atoms with Crippen LogP contribution in [0.4, 0.5) is 4.79 Å². The van der Waals surface area contributed by atoms with Crippen molar-refractivity contribution in [3.05, 3.63) is 35.9 Å². The van der Waals surface area contributed by atoms with Crippen LogP contribution < -0.4 is 5.32 Å². The minimum atomic E-state index is -0.596. The number of benzene rings is 1. The van der Waals surface area contributed by atoms with Gasteiger partial charge in [0.25, 0.3) is 5.91 Å². The molecule has 2 unspecified atom stereocenters. The molecule has 2 rings (SSSR count). The van der Waals surface area contributed by atoms with Gasteiger partial charge in [0.2, 0.25) is 5.91 Å². The van der Waals surface area contributed by atoms with E-state index in [-0.39, 0.29) is 23.8 Å². The van der Waals surface area contributed by atoms with Crippen LogP contribution >= 0.6 is 0 Å². The maximum Gasteiger partial charge on any atom is 0.410 e. The molecule has 3 amide bonds. The largest absolute Gasteiger partial charge is 0.444 e. The maximum atomic E-state index is 13.1. The first kappa shape index (κ1) is 22.7. The molecule has 160 valence electrons. The monoisotopic (exact) mass is 403 g/mol. The van der Waals surface area contributed by atoms with Crippen molar-refractivity contribution >= 4 is 17.9 Å². The summed E-state index contributed by atoms with van der Waals surface area (Å²) in [6.45, 7) is 11.1. The van der Waals surface area contributed by atoms with Gasteiger partial charge in [0.15, 0.2) is 0 Å². The van der Waals surface area contributed by atoms with Gasteiger partial charge in [-0.05, 0) is 38.8 Å². The lowest BCUT2D eigenvalue weighted by atomic mass is 9.97. The average molecular weight is 404 g/mol. The number of amides is 3. The van der Waals surface area contributed by atoms with Gasteiger partial charge in [-0.1, -0.05) is 38.5 Å². The van der Waals surface area contributed by atoms with Crippen LogP contribution in [0.15, 0.2) is 30.3 Å². The first-order valence-corrected chi connectivity index (χ1v) is 10.2. The summed E-state index contributed by atoms with van der Waals surface area (Å²) in [6.07, 6.45) is 0.407. The highest BCUT2D eigenvalue weighted by atomic mass is 16.6. The molecule has 29 heavy (non-hydrogen) atoms. The quantitative estimate of drug-likeness (QED) is 0.820. The predicted octanol–water partition coefficient (Wildman–Crippen LogP) is 2.91. The molecule has 1 fully saturated rings.